The molecule has 3 amide bonds. The fraction of sp³-hybridized carbons (Fsp3) is 0.500. The summed E-state index contributed by atoms with van der Waals surface area (Å²) in [4.78, 5) is 21.6. The smallest absolute Gasteiger partial charge is 0.318 e. The van der Waals surface area contributed by atoms with Crippen LogP contribution >= 0.6 is 11.8 Å². The summed E-state index contributed by atoms with van der Waals surface area (Å²) in [5, 5.41) is 10.1. The van der Waals surface area contributed by atoms with Gasteiger partial charge in [0.15, 0.2) is 5.16 Å². The number of carbonyl (C=O) groups excluding carboxylic acids is 2. The third-order valence-electron chi connectivity index (χ3n) is 1.80. The molecule has 0 saturated heterocycles. The molecule has 1 heterocycles. The van der Waals surface area contributed by atoms with Crippen LogP contribution in [0, 0.1) is 0 Å². The average Bonchev–Trinajstić information content (AvgIpc) is 2.55. The number of nitrogens with one attached hydrogen (secondary N) is 1. The Morgan fingerprint density at radius 2 is 2.12 bits per heavy atom. The summed E-state index contributed by atoms with van der Waals surface area (Å²) in [5.41, 5.74) is 10.4. The Morgan fingerprint density at radius 3 is 2.65 bits per heavy atom. The number of primary amides is 1. The van der Waals surface area contributed by atoms with Crippen molar-refractivity contribution >= 4 is 29.6 Å². The first kappa shape index (κ1) is 13.3. The lowest BCUT2D eigenvalue weighted by atomic mass is 10.4. The van der Waals surface area contributed by atoms with E-state index in [-0.39, 0.29) is 17.7 Å². The lowest BCUT2D eigenvalue weighted by molar-refractivity contribution is -0.117. The summed E-state index contributed by atoms with van der Waals surface area (Å²) >= 11 is 1.14. The second-order valence-electron chi connectivity index (χ2n) is 3.51. The van der Waals surface area contributed by atoms with Crippen LogP contribution in [-0.4, -0.2) is 32.5 Å². The van der Waals surface area contributed by atoms with E-state index in [0.717, 1.165) is 11.8 Å². The van der Waals surface area contributed by atoms with Crippen molar-refractivity contribution in [1.82, 2.24) is 20.1 Å². The number of hydrogen-bond donors (Lipinski definition) is 3. The molecule has 17 heavy (non-hydrogen) atoms. The number of hydrogen-bond acceptors (Lipinski definition) is 6. The van der Waals surface area contributed by atoms with Gasteiger partial charge in [-0.15, -0.1) is 10.2 Å². The molecule has 0 saturated carbocycles. The SMILES string of the molecule is CC(C)n1c(N)nnc1SCC(=O)NC(N)=O. The highest BCUT2D eigenvalue weighted by molar-refractivity contribution is 7.99. The molecular weight excluding hydrogens is 244 g/mol. The normalized spacial score (nSPS) is 10.5. The van der Waals surface area contributed by atoms with E-state index < -0.39 is 11.9 Å². The van der Waals surface area contributed by atoms with E-state index in [9.17, 15) is 9.59 Å². The molecule has 0 spiro atoms. The number of aromatic nitrogens is 3. The van der Waals surface area contributed by atoms with Crippen molar-refractivity contribution in [2.45, 2.75) is 25.0 Å². The zero-order chi connectivity index (χ0) is 13.0. The van der Waals surface area contributed by atoms with Crippen LogP contribution in [-0.2, 0) is 4.79 Å². The van der Waals surface area contributed by atoms with Crippen LogP contribution in [0.15, 0.2) is 5.16 Å². The molecule has 8 nitrogen and oxygen atoms in total. The second kappa shape index (κ2) is 5.53. The lowest BCUT2D eigenvalue weighted by Crippen LogP contribution is -2.36. The molecular formula is C8H14N6O2S. The average molecular weight is 258 g/mol. The van der Waals surface area contributed by atoms with Crippen LogP contribution in [0.1, 0.15) is 19.9 Å². The molecule has 1 aromatic heterocycles. The quantitative estimate of drug-likeness (QED) is 0.637. The van der Waals surface area contributed by atoms with Gasteiger partial charge in [0, 0.05) is 6.04 Å². The summed E-state index contributed by atoms with van der Waals surface area (Å²) in [6.07, 6.45) is 0. The molecule has 0 unspecified atom stereocenters. The largest absolute Gasteiger partial charge is 0.368 e. The van der Waals surface area contributed by atoms with Gasteiger partial charge in [0.05, 0.1) is 5.75 Å². The molecule has 0 atom stereocenters. The van der Waals surface area contributed by atoms with Gasteiger partial charge in [-0.25, -0.2) is 4.79 Å². The van der Waals surface area contributed by atoms with Crippen molar-refractivity contribution in [3.05, 3.63) is 0 Å². The van der Waals surface area contributed by atoms with Crippen LogP contribution in [0.3, 0.4) is 0 Å². The fourth-order valence-corrected chi connectivity index (χ4v) is 2.05. The van der Waals surface area contributed by atoms with Crippen LogP contribution in [0.4, 0.5) is 10.7 Å². The van der Waals surface area contributed by atoms with E-state index in [1.54, 1.807) is 4.57 Å². The number of nitrogen functional groups attached to an aromatic ring is 1. The standard InChI is InChI=1S/C8H14N6O2S/c1-4(2)14-6(9)12-13-8(14)17-3-5(15)11-7(10)16/h4H,3H2,1-2H3,(H2,9,12)(H3,10,11,15,16). The number of nitrogens with zero attached hydrogens (tertiary/aromatic N) is 3. The van der Waals surface area contributed by atoms with Crippen molar-refractivity contribution in [3.63, 3.8) is 0 Å². The summed E-state index contributed by atoms with van der Waals surface area (Å²) in [6.45, 7) is 3.85. The molecule has 0 bridgehead atoms. The first-order valence-corrected chi connectivity index (χ1v) is 5.82. The number of thioether (sulfide) groups is 1. The number of carbonyl (C=O) groups is 2. The number of amides is 3. The number of urea groups is 1. The predicted molar refractivity (Wildman–Crippen MR) is 63.3 cm³/mol. The minimum atomic E-state index is -0.875. The lowest BCUT2D eigenvalue weighted by Gasteiger charge is -2.10. The molecule has 94 valence electrons. The monoisotopic (exact) mass is 258 g/mol. The Hall–Kier alpha value is -1.77. The molecule has 0 aliphatic heterocycles. The minimum Gasteiger partial charge on any atom is -0.368 e. The molecule has 0 aliphatic rings. The predicted octanol–water partition coefficient (Wildman–Crippen LogP) is -0.272. The highest BCUT2D eigenvalue weighted by atomic mass is 32.2. The van der Waals surface area contributed by atoms with E-state index in [0.29, 0.717) is 5.16 Å². The van der Waals surface area contributed by atoms with Crippen molar-refractivity contribution in [3.8, 4) is 0 Å². The van der Waals surface area contributed by atoms with Crippen molar-refractivity contribution in [1.29, 1.82) is 0 Å². The summed E-state index contributed by atoms with van der Waals surface area (Å²) in [7, 11) is 0. The van der Waals surface area contributed by atoms with Gasteiger partial charge < -0.3 is 11.5 Å². The number of anilines is 1. The highest BCUT2D eigenvalue weighted by Crippen LogP contribution is 2.22. The molecule has 0 fully saturated rings. The molecule has 1 rings (SSSR count). The summed E-state index contributed by atoms with van der Waals surface area (Å²) < 4.78 is 1.70. The molecule has 0 aliphatic carbocycles. The number of nitrogens with two attached hydrogens (primary N) is 2. The topological polar surface area (TPSA) is 129 Å². The first-order valence-electron chi connectivity index (χ1n) is 4.84. The summed E-state index contributed by atoms with van der Waals surface area (Å²) in [6, 6.07) is -0.785. The second-order valence-corrected chi connectivity index (χ2v) is 4.45. The Morgan fingerprint density at radius 1 is 1.47 bits per heavy atom. The minimum absolute atomic E-state index is 0.0216. The van der Waals surface area contributed by atoms with Gasteiger partial charge in [-0.3, -0.25) is 14.7 Å². The molecule has 0 radical (unpaired) electrons. The van der Waals surface area contributed by atoms with E-state index >= 15 is 0 Å². The number of imide groups is 1. The third-order valence-corrected chi connectivity index (χ3v) is 2.75. The molecule has 9 heteroatoms. The van der Waals surface area contributed by atoms with Gasteiger partial charge in [0.25, 0.3) is 0 Å². The first-order chi connectivity index (χ1) is 7.91. The van der Waals surface area contributed by atoms with Gasteiger partial charge in [-0.1, -0.05) is 11.8 Å². The van der Waals surface area contributed by atoms with Gasteiger partial charge in [0.1, 0.15) is 0 Å². The Labute approximate surface area is 102 Å². The Bertz CT molecular complexity index is 430. The van der Waals surface area contributed by atoms with E-state index in [2.05, 4.69) is 10.2 Å². The highest BCUT2D eigenvalue weighted by Gasteiger charge is 2.14. The van der Waals surface area contributed by atoms with E-state index in [1.165, 1.54) is 0 Å². The van der Waals surface area contributed by atoms with Crippen molar-refractivity contribution in [2.75, 3.05) is 11.5 Å². The van der Waals surface area contributed by atoms with Crippen molar-refractivity contribution in [2.24, 2.45) is 5.73 Å². The van der Waals surface area contributed by atoms with Crippen molar-refractivity contribution < 1.29 is 9.59 Å². The molecule has 5 N–H and O–H groups in total. The summed E-state index contributed by atoms with van der Waals surface area (Å²) in [5.74, 6) is -0.175. The maximum atomic E-state index is 11.2. The number of rotatable bonds is 4. The van der Waals surface area contributed by atoms with Crippen LogP contribution in [0.25, 0.3) is 0 Å². The maximum absolute atomic E-state index is 11.2. The Balaban J connectivity index is 2.63. The molecule has 1 aromatic rings. The zero-order valence-corrected chi connectivity index (χ0v) is 10.3. The third kappa shape index (κ3) is 3.63. The van der Waals surface area contributed by atoms with E-state index in [4.69, 9.17) is 11.5 Å². The van der Waals surface area contributed by atoms with Gasteiger partial charge in [-0.05, 0) is 13.8 Å². The Kier molecular flexibility index (Phi) is 4.32. The maximum Gasteiger partial charge on any atom is 0.318 e. The van der Waals surface area contributed by atoms with Crippen LogP contribution < -0.4 is 16.8 Å². The van der Waals surface area contributed by atoms with Gasteiger partial charge in [0.2, 0.25) is 11.9 Å². The van der Waals surface area contributed by atoms with Crippen LogP contribution in [0.5, 0.6) is 0 Å². The fourth-order valence-electron chi connectivity index (χ4n) is 1.18. The zero-order valence-electron chi connectivity index (χ0n) is 9.51. The van der Waals surface area contributed by atoms with E-state index in [1.807, 2.05) is 19.2 Å². The molecule has 0 aromatic carbocycles. The van der Waals surface area contributed by atoms with Crippen LogP contribution in [0.2, 0.25) is 0 Å². The van der Waals surface area contributed by atoms with Gasteiger partial charge >= 0.3 is 6.03 Å². The van der Waals surface area contributed by atoms with Gasteiger partial charge in [-0.2, -0.15) is 0 Å².